The normalized spacial score (nSPS) is 11.2. The first kappa shape index (κ1) is 12.8. The molecule has 0 bridgehead atoms. The number of aromatic nitrogens is 4. The van der Waals surface area contributed by atoms with E-state index in [1.807, 2.05) is 31.3 Å². The molecule has 0 fully saturated rings. The Morgan fingerprint density at radius 3 is 2.00 bits per heavy atom. The highest BCUT2D eigenvalue weighted by atomic mass is 15.3. The van der Waals surface area contributed by atoms with Crippen LogP contribution in [0.1, 0.15) is 5.69 Å². The fourth-order valence-electron chi connectivity index (χ4n) is 3.02. The lowest BCUT2D eigenvalue weighted by molar-refractivity contribution is 0.930. The second-order valence-electron chi connectivity index (χ2n) is 5.38. The van der Waals surface area contributed by atoms with Crippen LogP contribution in [0.25, 0.3) is 28.4 Å². The van der Waals surface area contributed by atoms with E-state index in [4.69, 9.17) is 0 Å². The third kappa shape index (κ3) is 1.77. The summed E-state index contributed by atoms with van der Waals surface area (Å²) in [5.41, 5.74) is 4.57. The van der Waals surface area contributed by atoms with Gasteiger partial charge in [-0.05, 0) is 6.92 Å². The molecule has 4 aromatic rings. The van der Waals surface area contributed by atoms with Crippen molar-refractivity contribution in [2.45, 2.75) is 6.92 Å². The van der Waals surface area contributed by atoms with Crippen LogP contribution in [0.2, 0.25) is 0 Å². The first-order valence-electron chi connectivity index (χ1n) is 7.28. The maximum atomic E-state index is 4.38. The van der Waals surface area contributed by atoms with Gasteiger partial charge in [-0.2, -0.15) is 0 Å². The number of nitrogens with zero attached hydrogens (tertiary/aromatic N) is 4. The molecule has 0 radical (unpaired) electrons. The largest absolute Gasteiger partial charge is 0.311 e. The van der Waals surface area contributed by atoms with Crippen molar-refractivity contribution in [1.29, 1.82) is 0 Å². The predicted molar refractivity (Wildman–Crippen MR) is 87.6 cm³/mol. The van der Waals surface area contributed by atoms with Gasteiger partial charge in [0, 0.05) is 23.9 Å². The molecule has 22 heavy (non-hydrogen) atoms. The van der Waals surface area contributed by atoms with Crippen LogP contribution in [0.15, 0.2) is 60.7 Å². The van der Waals surface area contributed by atoms with Gasteiger partial charge in [0.25, 0.3) is 0 Å². The van der Waals surface area contributed by atoms with Crippen molar-refractivity contribution in [2.24, 2.45) is 7.05 Å². The fraction of sp³-hybridized carbons (Fsp3) is 0.111. The molecule has 0 aliphatic heterocycles. The van der Waals surface area contributed by atoms with Gasteiger partial charge in [-0.25, -0.2) is 0 Å². The molecule has 0 amide bonds. The van der Waals surface area contributed by atoms with Gasteiger partial charge in [0.15, 0.2) is 5.82 Å². The summed E-state index contributed by atoms with van der Waals surface area (Å²) in [5, 5.41) is 8.75. The Morgan fingerprint density at radius 2 is 1.36 bits per heavy atom. The average molecular weight is 288 g/mol. The highest BCUT2D eigenvalue weighted by Crippen LogP contribution is 2.29. The van der Waals surface area contributed by atoms with E-state index in [2.05, 4.69) is 62.5 Å². The number of benzene rings is 2. The van der Waals surface area contributed by atoms with E-state index < -0.39 is 0 Å². The lowest BCUT2D eigenvalue weighted by atomic mass is 10.1. The maximum Gasteiger partial charge on any atom is 0.236 e. The Hall–Kier alpha value is -2.88. The van der Waals surface area contributed by atoms with Gasteiger partial charge < -0.3 is 4.57 Å². The number of imidazole rings is 1. The van der Waals surface area contributed by atoms with Crippen LogP contribution < -0.4 is 0 Å². The van der Waals surface area contributed by atoms with Gasteiger partial charge in [0.1, 0.15) is 0 Å². The minimum atomic E-state index is 0.857. The summed E-state index contributed by atoms with van der Waals surface area (Å²) in [5.74, 6) is 1.74. The number of fused-ring (bicyclic) bond motifs is 1. The monoisotopic (exact) mass is 288 g/mol. The molecule has 0 N–H and O–H groups in total. The van der Waals surface area contributed by atoms with Gasteiger partial charge in [-0.15, -0.1) is 10.2 Å². The van der Waals surface area contributed by atoms with Crippen LogP contribution in [-0.2, 0) is 7.05 Å². The number of aryl methyl sites for hydroxylation is 2. The maximum absolute atomic E-state index is 4.38. The predicted octanol–water partition coefficient (Wildman–Crippen LogP) is 3.71. The van der Waals surface area contributed by atoms with Crippen LogP contribution in [0, 0.1) is 6.92 Å². The van der Waals surface area contributed by atoms with Gasteiger partial charge in [-0.1, -0.05) is 60.7 Å². The molecular weight excluding hydrogens is 272 g/mol. The summed E-state index contributed by atoms with van der Waals surface area (Å²) in [6.07, 6.45) is 0. The zero-order valence-electron chi connectivity index (χ0n) is 12.6. The van der Waals surface area contributed by atoms with E-state index in [0.29, 0.717) is 0 Å². The third-order valence-electron chi connectivity index (χ3n) is 4.04. The molecular formula is C18H16N4. The van der Waals surface area contributed by atoms with E-state index >= 15 is 0 Å². The van der Waals surface area contributed by atoms with E-state index in [9.17, 15) is 0 Å². The molecule has 2 aromatic heterocycles. The zero-order chi connectivity index (χ0) is 15.1. The Kier molecular flexibility index (Phi) is 2.82. The molecule has 2 heterocycles. The Balaban J connectivity index is 2.02. The summed E-state index contributed by atoms with van der Waals surface area (Å²) in [4.78, 5) is 0. The molecule has 0 atom stereocenters. The lowest BCUT2D eigenvalue weighted by Crippen LogP contribution is -1.93. The molecule has 4 rings (SSSR count). The molecule has 4 nitrogen and oxygen atoms in total. The van der Waals surface area contributed by atoms with Crippen molar-refractivity contribution in [3.05, 3.63) is 66.4 Å². The average Bonchev–Trinajstić information content (AvgIpc) is 3.10. The number of rotatable bonds is 2. The van der Waals surface area contributed by atoms with E-state index in [1.165, 1.54) is 11.3 Å². The van der Waals surface area contributed by atoms with Crippen LogP contribution >= 0.6 is 0 Å². The van der Waals surface area contributed by atoms with Crippen molar-refractivity contribution in [3.63, 3.8) is 0 Å². The van der Waals surface area contributed by atoms with E-state index in [0.717, 1.165) is 22.9 Å². The third-order valence-corrected chi connectivity index (χ3v) is 4.04. The molecule has 0 spiro atoms. The molecule has 4 heteroatoms. The Morgan fingerprint density at radius 1 is 0.773 bits per heavy atom. The highest BCUT2D eigenvalue weighted by molar-refractivity contribution is 5.69. The van der Waals surface area contributed by atoms with Crippen molar-refractivity contribution in [1.82, 2.24) is 19.2 Å². The summed E-state index contributed by atoms with van der Waals surface area (Å²) >= 11 is 0. The molecule has 0 aliphatic rings. The molecule has 108 valence electrons. The van der Waals surface area contributed by atoms with Crippen LogP contribution in [0.4, 0.5) is 0 Å². The molecule has 0 saturated heterocycles. The van der Waals surface area contributed by atoms with Crippen molar-refractivity contribution < 1.29 is 0 Å². The van der Waals surface area contributed by atoms with Crippen LogP contribution in [0.3, 0.4) is 0 Å². The Labute approximate surface area is 128 Å². The van der Waals surface area contributed by atoms with E-state index in [-0.39, 0.29) is 0 Å². The second-order valence-corrected chi connectivity index (χ2v) is 5.38. The minimum Gasteiger partial charge on any atom is -0.311 e. The topological polar surface area (TPSA) is 35.1 Å². The smallest absolute Gasteiger partial charge is 0.236 e. The molecule has 2 aromatic carbocycles. The standard InChI is InChI=1S/C18H16N4/c1-13-16(14-9-5-3-6-10-14)21(2)18-20-19-17(22(13)18)15-11-7-4-8-12-15/h3-12H,1-2H3. The Bertz CT molecular complexity index is 934. The summed E-state index contributed by atoms with van der Waals surface area (Å²) in [6, 6.07) is 20.6. The van der Waals surface area contributed by atoms with Crippen molar-refractivity contribution in [3.8, 4) is 22.6 Å². The fourth-order valence-corrected chi connectivity index (χ4v) is 3.02. The zero-order valence-corrected chi connectivity index (χ0v) is 12.6. The van der Waals surface area contributed by atoms with Crippen molar-refractivity contribution >= 4 is 5.78 Å². The molecule has 0 saturated carbocycles. The first-order valence-corrected chi connectivity index (χ1v) is 7.28. The van der Waals surface area contributed by atoms with Crippen LogP contribution in [0.5, 0.6) is 0 Å². The van der Waals surface area contributed by atoms with Crippen LogP contribution in [-0.4, -0.2) is 19.2 Å². The minimum absolute atomic E-state index is 0.857. The summed E-state index contributed by atoms with van der Waals surface area (Å²) < 4.78 is 4.22. The second kappa shape index (κ2) is 4.84. The summed E-state index contributed by atoms with van der Waals surface area (Å²) in [6.45, 7) is 2.12. The number of hydrogen-bond donors (Lipinski definition) is 0. The van der Waals surface area contributed by atoms with Gasteiger partial charge in [0.2, 0.25) is 5.78 Å². The molecule has 0 aliphatic carbocycles. The quantitative estimate of drug-likeness (QED) is 0.563. The number of hydrogen-bond acceptors (Lipinski definition) is 2. The van der Waals surface area contributed by atoms with E-state index in [1.54, 1.807) is 0 Å². The lowest BCUT2D eigenvalue weighted by Gasteiger charge is -2.04. The van der Waals surface area contributed by atoms with Gasteiger partial charge in [-0.3, -0.25) is 4.40 Å². The van der Waals surface area contributed by atoms with Crippen molar-refractivity contribution in [2.75, 3.05) is 0 Å². The van der Waals surface area contributed by atoms with Gasteiger partial charge >= 0.3 is 0 Å². The SMILES string of the molecule is Cc1c(-c2ccccc2)n(C)c2nnc(-c3ccccc3)n12. The summed E-state index contributed by atoms with van der Waals surface area (Å²) in [7, 11) is 2.04. The highest BCUT2D eigenvalue weighted by Gasteiger charge is 2.19. The first-order chi connectivity index (χ1) is 10.8. The molecule has 0 unspecified atom stereocenters. The van der Waals surface area contributed by atoms with Gasteiger partial charge in [0.05, 0.1) is 5.69 Å².